The molecule has 27 heavy (non-hydrogen) atoms. The Kier molecular flexibility index (Phi) is 6.59. The summed E-state index contributed by atoms with van der Waals surface area (Å²) in [6, 6.07) is 6.13. The molecule has 0 fully saturated rings. The number of hydrogen-bond acceptors (Lipinski definition) is 5. The van der Waals surface area contributed by atoms with Crippen LogP contribution in [0, 0.1) is 0 Å². The fraction of sp³-hybridized carbons (Fsp3) is 0.316. The molecule has 2 N–H and O–H groups in total. The number of aromatic nitrogens is 2. The molecule has 8 heteroatoms. The van der Waals surface area contributed by atoms with E-state index in [2.05, 4.69) is 20.6 Å². The Hall–Kier alpha value is -3.29. The van der Waals surface area contributed by atoms with Gasteiger partial charge in [0.2, 0.25) is 5.91 Å². The molecular weight excluding hydrogens is 346 g/mol. The molecule has 0 spiro atoms. The summed E-state index contributed by atoms with van der Waals surface area (Å²) in [6.45, 7) is 3.93. The highest BCUT2D eigenvalue weighted by Crippen LogP contribution is 2.18. The molecule has 1 aromatic carbocycles. The van der Waals surface area contributed by atoms with Gasteiger partial charge in [-0.15, -0.1) is 0 Å². The van der Waals surface area contributed by atoms with Crippen molar-refractivity contribution in [3.8, 4) is 11.3 Å². The third-order valence-electron chi connectivity index (χ3n) is 3.77. The third kappa shape index (κ3) is 5.10. The molecule has 2 rings (SSSR count). The molecule has 0 saturated carbocycles. The molecule has 0 aliphatic carbocycles. The van der Waals surface area contributed by atoms with Crippen molar-refractivity contribution >= 4 is 17.7 Å². The summed E-state index contributed by atoms with van der Waals surface area (Å²) in [5.41, 5.74) is 1.73. The van der Waals surface area contributed by atoms with E-state index in [-0.39, 0.29) is 23.4 Å². The lowest BCUT2D eigenvalue weighted by molar-refractivity contribution is -0.122. The van der Waals surface area contributed by atoms with Crippen LogP contribution in [0.25, 0.3) is 11.3 Å². The summed E-state index contributed by atoms with van der Waals surface area (Å²) in [4.78, 5) is 46.1. The monoisotopic (exact) mass is 369 g/mol. The largest absolute Gasteiger partial charge is 0.355 e. The number of hydrogen-bond donors (Lipinski definition) is 2. The lowest BCUT2D eigenvalue weighted by Gasteiger charge is -2.14. The second-order valence-corrected chi connectivity index (χ2v) is 6.16. The lowest BCUT2D eigenvalue weighted by Crippen LogP contribution is -2.44. The van der Waals surface area contributed by atoms with E-state index >= 15 is 0 Å². The quantitative estimate of drug-likeness (QED) is 0.793. The zero-order chi connectivity index (χ0) is 20.0. The van der Waals surface area contributed by atoms with Gasteiger partial charge in [0.25, 0.3) is 11.8 Å². The smallest absolute Gasteiger partial charge is 0.273 e. The van der Waals surface area contributed by atoms with Gasteiger partial charge in [0.15, 0.2) is 0 Å². The molecule has 1 atom stereocenters. The van der Waals surface area contributed by atoms with E-state index in [1.807, 2.05) is 6.92 Å². The predicted octanol–water partition coefficient (Wildman–Crippen LogP) is 1.10. The Morgan fingerprint density at radius 1 is 1.19 bits per heavy atom. The van der Waals surface area contributed by atoms with Gasteiger partial charge in [-0.05, 0) is 26.0 Å². The van der Waals surface area contributed by atoms with Crippen molar-refractivity contribution in [2.75, 3.05) is 20.6 Å². The van der Waals surface area contributed by atoms with Gasteiger partial charge in [0, 0.05) is 31.8 Å². The molecule has 0 bridgehead atoms. The number of benzene rings is 1. The minimum atomic E-state index is -0.651. The van der Waals surface area contributed by atoms with E-state index in [1.54, 1.807) is 45.3 Å². The Bertz CT molecular complexity index is 851. The van der Waals surface area contributed by atoms with E-state index < -0.39 is 6.04 Å². The van der Waals surface area contributed by atoms with Crippen LogP contribution in [-0.2, 0) is 4.79 Å². The van der Waals surface area contributed by atoms with Gasteiger partial charge in [0.1, 0.15) is 11.7 Å². The van der Waals surface area contributed by atoms with E-state index in [9.17, 15) is 14.4 Å². The number of nitrogens with one attached hydrogen (secondary N) is 2. The molecule has 1 heterocycles. The van der Waals surface area contributed by atoms with Crippen molar-refractivity contribution in [1.29, 1.82) is 0 Å². The first-order chi connectivity index (χ1) is 12.8. The molecule has 0 radical (unpaired) electrons. The Balaban J connectivity index is 2.23. The summed E-state index contributed by atoms with van der Waals surface area (Å²) < 4.78 is 0. The summed E-state index contributed by atoms with van der Waals surface area (Å²) in [5.74, 6) is -0.874. The molecule has 0 aliphatic heterocycles. The molecule has 1 unspecified atom stereocenters. The van der Waals surface area contributed by atoms with Crippen LogP contribution in [0.1, 0.15) is 34.7 Å². The molecule has 0 saturated heterocycles. The predicted molar refractivity (Wildman–Crippen MR) is 101 cm³/mol. The van der Waals surface area contributed by atoms with Crippen LogP contribution in [0.2, 0.25) is 0 Å². The fourth-order valence-electron chi connectivity index (χ4n) is 2.33. The fourth-order valence-corrected chi connectivity index (χ4v) is 2.33. The number of carbonyl (C=O) groups excluding carboxylic acids is 3. The first-order valence-electron chi connectivity index (χ1n) is 8.56. The third-order valence-corrected chi connectivity index (χ3v) is 3.77. The Morgan fingerprint density at radius 3 is 2.59 bits per heavy atom. The van der Waals surface area contributed by atoms with E-state index in [4.69, 9.17) is 0 Å². The minimum Gasteiger partial charge on any atom is -0.355 e. The van der Waals surface area contributed by atoms with Gasteiger partial charge >= 0.3 is 0 Å². The van der Waals surface area contributed by atoms with Crippen molar-refractivity contribution < 1.29 is 14.4 Å². The van der Waals surface area contributed by atoms with Crippen molar-refractivity contribution in [2.45, 2.75) is 19.9 Å². The van der Waals surface area contributed by atoms with E-state index in [0.717, 1.165) is 0 Å². The molecule has 2 aromatic rings. The number of nitrogens with zero attached hydrogens (tertiary/aromatic N) is 3. The number of amides is 3. The zero-order valence-electron chi connectivity index (χ0n) is 15.8. The van der Waals surface area contributed by atoms with Gasteiger partial charge in [-0.1, -0.05) is 12.1 Å². The highest BCUT2D eigenvalue weighted by molar-refractivity contribution is 5.98. The highest BCUT2D eigenvalue weighted by atomic mass is 16.2. The molecular formula is C19H23N5O3. The van der Waals surface area contributed by atoms with Gasteiger partial charge in [-0.3, -0.25) is 19.4 Å². The van der Waals surface area contributed by atoms with Crippen LogP contribution >= 0.6 is 0 Å². The first kappa shape index (κ1) is 20.0. The van der Waals surface area contributed by atoms with Crippen molar-refractivity contribution in [3.05, 3.63) is 47.9 Å². The molecule has 1 aromatic heterocycles. The number of rotatable bonds is 6. The van der Waals surface area contributed by atoms with Gasteiger partial charge < -0.3 is 15.5 Å². The maximum Gasteiger partial charge on any atom is 0.273 e. The molecule has 8 nitrogen and oxygen atoms in total. The molecule has 142 valence electrons. The maximum atomic E-state index is 12.4. The van der Waals surface area contributed by atoms with Crippen molar-refractivity contribution in [1.82, 2.24) is 25.5 Å². The van der Waals surface area contributed by atoms with Gasteiger partial charge in [-0.25, -0.2) is 4.98 Å². The van der Waals surface area contributed by atoms with Crippen molar-refractivity contribution in [3.63, 3.8) is 0 Å². The Morgan fingerprint density at radius 2 is 1.93 bits per heavy atom. The van der Waals surface area contributed by atoms with Crippen LogP contribution < -0.4 is 10.6 Å². The van der Waals surface area contributed by atoms with Crippen LogP contribution in [0.5, 0.6) is 0 Å². The average Bonchev–Trinajstić information content (AvgIpc) is 2.67. The van der Waals surface area contributed by atoms with Crippen LogP contribution in [0.15, 0.2) is 36.7 Å². The molecule has 0 aliphatic rings. The minimum absolute atomic E-state index is 0.220. The zero-order valence-corrected chi connectivity index (χ0v) is 15.8. The standard InChI is InChI=1S/C19H23N5O3/c1-5-21-17(25)12(2)22-18(26)14-8-6-7-13(9-14)15-10-20-11-16(23-15)19(27)24(3)4/h6-12H,5H2,1-4H3,(H,21,25)(H,22,26). The molecule has 3 amide bonds. The number of carbonyl (C=O) groups is 3. The lowest BCUT2D eigenvalue weighted by atomic mass is 10.1. The van der Waals surface area contributed by atoms with Crippen LogP contribution in [-0.4, -0.2) is 59.3 Å². The first-order valence-corrected chi connectivity index (χ1v) is 8.56. The highest BCUT2D eigenvalue weighted by Gasteiger charge is 2.17. The van der Waals surface area contributed by atoms with E-state index in [1.165, 1.54) is 17.3 Å². The van der Waals surface area contributed by atoms with Crippen LogP contribution in [0.4, 0.5) is 0 Å². The summed E-state index contributed by atoms with van der Waals surface area (Å²) in [6.07, 6.45) is 2.93. The second kappa shape index (κ2) is 8.88. The van der Waals surface area contributed by atoms with Gasteiger partial charge in [0.05, 0.1) is 18.1 Å². The van der Waals surface area contributed by atoms with Gasteiger partial charge in [-0.2, -0.15) is 0 Å². The SMILES string of the molecule is CCNC(=O)C(C)NC(=O)c1cccc(-c2cncc(C(=O)N(C)C)n2)c1. The summed E-state index contributed by atoms with van der Waals surface area (Å²) in [5, 5.41) is 5.31. The summed E-state index contributed by atoms with van der Waals surface area (Å²) in [7, 11) is 3.27. The normalized spacial score (nSPS) is 11.4. The van der Waals surface area contributed by atoms with Crippen LogP contribution in [0.3, 0.4) is 0 Å². The number of likely N-dealkylation sites (N-methyl/N-ethyl adjacent to an activating group) is 1. The van der Waals surface area contributed by atoms with E-state index in [0.29, 0.717) is 23.4 Å². The van der Waals surface area contributed by atoms with Crippen molar-refractivity contribution in [2.24, 2.45) is 0 Å². The summed E-state index contributed by atoms with van der Waals surface area (Å²) >= 11 is 0. The Labute approximate surface area is 158 Å². The second-order valence-electron chi connectivity index (χ2n) is 6.16. The maximum absolute atomic E-state index is 12.4. The topological polar surface area (TPSA) is 104 Å². The average molecular weight is 369 g/mol.